The second-order valence-electron chi connectivity index (χ2n) is 6.18. The fourth-order valence-electron chi connectivity index (χ4n) is 3.14. The number of piperazine rings is 1. The zero-order valence-corrected chi connectivity index (χ0v) is 14.4. The Hall–Kier alpha value is -2.49. The van der Waals surface area contributed by atoms with Gasteiger partial charge in [0.05, 0.1) is 13.5 Å². The predicted octanol–water partition coefficient (Wildman–Crippen LogP) is 2.89. The number of carbonyl (C=O) groups excluding carboxylic acids is 1. The van der Waals surface area contributed by atoms with Gasteiger partial charge in [0.2, 0.25) is 5.91 Å². The summed E-state index contributed by atoms with van der Waals surface area (Å²) in [6.07, 6.45) is 0.453. The molecule has 4 heteroatoms. The first-order valence-corrected chi connectivity index (χ1v) is 8.38. The van der Waals surface area contributed by atoms with Crippen LogP contribution in [-0.4, -0.2) is 44.1 Å². The lowest BCUT2D eigenvalue weighted by molar-refractivity contribution is -0.130. The minimum atomic E-state index is 0.199. The summed E-state index contributed by atoms with van der Waals surface area (Å²) < 4.78 is 5.15. The van der Waals surface area contributed by atoms with Crippen molar-refractivity contribution in [2.45, 2.75) is 13.3 Å². The van der Waals surface area contributed by atoms with Crippen LogP contribution in [0.4, 0.5) is 5.69 Å². The third-order valence-corrected chi connectivity index (χ3v) is 4.60. The fraction of sp³-hybridized carbons (Fsp3) is 0.350. The Morgan fingerprint density at radius 3 is 2.29 bits per heavy atom. The van der Waals surface area contributed by atoms with Gasteiger partial charge in [0, 0.05) is 31.9 Å². The minimum absolute atomic E-state index is 0.199. The van der Waals surface area contributed by atoms with Crippen LogP contribution in [0.3, 0.4) is 0 Å². The number of benzene rings is 2. The van der Waals surface area contributed by atoms with E-state index in [0.717, 1.165) is 37.5 Å². The Labute approximate surface area is 143 Å². The number of ether oxygens (including phenoxy) is 1. The van der Waals surface area contributed by atoms with Gasteiger partial charge in [-0.25, -0.2) is 0 Å². The van der Waals surface area contributed by atoms with Crippen LogP contribution in [0.1, 0.15) is 11.1 Å². The molecule has 1 fully saturated rings. The Morgan fingerprint density at radius 2 is 1.67 bits per heavy atom. The van der Waals surface area contributed by atoms with Gasteiger partial charge >= 0.3 is 0 Å². The maximum atomic E-state index is 12.5. The molecule has 4 nitrogen and oxygen atoms in total. The van der Waals surface area contributed by atoms with Crippen molar-refractivity contribution in [3.63, 3.8) is 0 Å². The summed E-state index contributed by atoms with van der Waals surface area (Å²) in [6.45, 7) is 5.47. The van der Waals surface area contributed by atoms with Crippen molar-refractivity contribution >= 4 is 11.6 Å². The summed E-state index contributed by atoms with van der Waals surface area (Å²) in [4.78, 5) is 16.8. The first-order chi connectivity index (χ1) is 11.7. The van der Waals surface area contributed by atoms with Crippen LogP contribution in [0.2, 0.25) is 0 Å². The van der Waals surface area contributed by atoms with E-state index in [9.17, 15) is 4.79 Å². The van der Waals surface area contributed by atoms with Crippen LogP contribution >= 0.6 is 0 Å². The van der Waals surface area contributed by atoms with Gasteiger partial charge in [-0.3, -0.25) is 4.79 Å². The first-order valence-electron chi connectivity index (χ1n) is 8.38. The third-order valence-electron chi connectivity index (χ3n) is 4.60. The Morgan fingerprint density at radius 1 is 1.00 bits per heavy atom. The van der Waals surface area contributed by atoms with Crippen molar-refractivity contribution in [3.8, 4) is 5.75 Å². The van der Waals surface area contributed by atoms with E-state index in [1.54, 1.807) is 7.11 Å². The van der Waals surface area contributed by atoms with Gasteiger partial charge < -0.3 is 14.5 Å². The highest BCUT2D eigenvalue weighted by molar-refractivity contribution is 5.79. The van der Waals surface area contributed by atoms with E-state index in [2.05, 4.69) is 36.1 Å². The van der Waals surface area contributed by atoms with E-state index in [1.165, 1.54) is 11.3 Å². The normalized spacial score (nSPS) is 14.6. The molecule has 1 heterocycles. The average Bonchev–Trinajstić information content (AvgIpc) is 2.63. The lowest BCUT2D eigenvalue weighted by atomic mass is 10.1. The molecule has 1 amide bonds. The van der Waals surface area contributed by atoms with Gasteiger partial charge in [-0.05, 0) is 36.2 Å². The number of hydrogen-bond donors (Lipinski definition) is 0. The van der Waals surface area contributed by atoms with E-state index in [-0.39, 0.29) is 5.91 Å². The van der Waals surface area contributed by atoms with Crippen molar-refractivity contribution in [1.29, 1.82) is 0 Å². The molecule has 1 aliphatic heterocycles. The van der Waals surface area contributed by atoms with Gasteiger partial charge in [0.15, 0.2) is 0 Å². The number of anilines is 1. The lowest BCUT2D eigenvalue weighted by Gasteiger charge is -2.37. The van der Waals surface area contributed by atoms with Crippen molar-refractivity contribution in [1.82, 2.24) is 4.90 Å². The highest BCUT2D eigenvalue weighted by Crippen LogP contribution is 2.21. The van der Waals surface area contributed by atoms with E-state index in [1.807, 2.05) is 29.2 Å². The molecule has 0 N–H and O–H groups in total. The zero-order valence-electron chi connectivity index (χ0n) is 14.4. The van der Waals surface area contributed by atoms with E-state index < -0.39 is 0 Å². The number of para-hydroxylation sites is 1. The molecule has 0 atom stereocenters. The van der Waals surface area contributed by atoms with Crippen molar-refractivity contribution in [3.05, 3.63) is 59.7 Å². The quantitative estimate of drug-likeness (QED) is 0.867. The first kappa shape index (κ1) is 16.4. The standard InChI is InChI=1S/C20H24N2O2/c1-16-5-3-4-6-19(16)21-11-13-22(14-12-21)20(23)15-17-7-9-18(24-2)10-8-17/h3-10H,11-15H2,1-2H3. The SMILES string of the molecule is COc1ccc(CC(=O)N2CCN(c3ccccc3C)CC2)cc1. The van der Waals surface area contributed by atoms with Crippen LogP contribution in [0.5, 0.6) is 5.75 Å². The molecule has 0 saturated carbocycles. The van der Waals surface area contributed by atoms with Gasteiger partial charge in [0.1, 0.15) is 5.75 Å². The van der Waals surface area contributed by atoms with E-state index >= 15 is 0 Å². The number of hydrogen-bond acceptors (Lipinski definition) is 3. The zero-order chi connectivity index (χ0) is 16.9. The second kappa shape index (κ2) is 7.39. The average molecular weight is 324 g/mol. The number of carbonyl (C=O) groups is 1. The predicted molar refractivity (Wildman–Crippen MR) is 96.7 cm³/mol. The van der Waals surface area contributed by atoms with Crippen LogP contribution in [0.25, 0.3) is 0 Å². The maximum Gasteiger partial charge on any atom is 0.227 e. The van der Waals surface area contributed by atoms with E-state index in [4.69, 9.17) is 4.74 Å². The monoisotopic (exact) mass is 324 g/mol. The van der Waals surface area contributed by atoms with Crippen molar-refractivity contribution in [2.24, 2.45) is 0 Å². The number of amides is 1. The molecule has 2 aromatic rings. The molecule has 0 aromatic heterocycles. The summed E-state index contributed by atoms with van der Waals surface area (Å²) in [5, 5.41) is 0. The van der Waals surface area contributed by atoms with Gasteiger partial charge in [-0.15, -0.1) is 0 Å². The molecule has 126 valence electrons. The molecule has 0 bridgehead atoms. The molecule has 1 aliphatic rings. The molecule has 1 saturated heterocycles. The summed E-state index contributed by atoms with van der Waals surface area (Å²) in [5.74, 6) is 1.02. The van der Waals surface area contributed by atoms with Crippen molar-refractivity contribution < 1.29 is 9.53 Å². The molecule has 0 radical (unpaired) electrons. The highest BCUT2D eigenvalue weighted by atomic mass is 16.5. The molecule has 3 rings (SSSR count). The number of rotatable bonds is 4. The number of methoxy groups -OCH3 is 1. The molecule has 0 aliphatic carbocycles. The molecule has 2 aromatic carbocycles. The highest BCUT2D eigenvalue weighted by Gasteiger charge is 2.21. The molecule has 0 unspecified atom stereocenters. The Balaban J connectivity index is 1.56. The summed E-state index contributed by atoms with van der Waals surface area (Å²) >= 11 is 0. The Bertz CT molecular complexity index is 689. The summed E-state index contributed by atoms with van der Waals surface area (Å²) in [5.41, 5.74) is 3.59. The molecular formula is C20H24N2O2. The van der Waals surface area contributed by atoms with Crippen LogP contribution < -0.4 is 9.64 Å². The van der Waals surface area contributed by atoms with E-state index in [0.29, 0.717) is 6.42 Å². The smallest absolute Gasteiger partial charge is 0.227 e. The van der Waals surface area contributed by atoms with Gasteiger partial charge in [-0.2, -0.15) is 0 Å². The minimum Gasteiger partial charge on any atom is -0.497 e. The lowest BCUT2D eigenvalue weighted by Crippen LogP contribution is -2.49. The topological polar surface area (TPSA) is 32.8 Å². The van der Waals surface area contributed by atoms with Crippen molar-refractivity contribution in [2.75, 3.05) is 38.2 Å². The third kappa shape index (κ3) is 3.70. The maximum absolute atomic E-state index is 12.5. The molecule has 0 spiro atoms. The van der Waals surface area contributed by atoms with Crippen LogP contribution in [0.15, 0.2) is 48.5 Å². The Kier molecular flexibility index (Phi) is 5.04. The summed E-state index contributed by atoms with van der Waals surface area (Å²) in [6, 6.07) is 16.1. The largest absolute Gasteiger partial charge is 0.497 e. The molecule has 24 heavy (non-hydrogen) atoms. The van der Waals surface area contributed by atoms with Gasteiger partial charge in [0.25, 0.3) is 0 Å². The van der Waals surface area contributed by atoms with Gasteiger partial charge in [-0.1, -0.05) is 30.3 Å². The molecular weight excluding hydrogens is 300 g/mol. The van der Waals surface area contributed by atoms with Crippen LogP contribution in [0, 0.1) is 6.92 Å². The van der Waals surface area contributed by atoms with Crippen LogP contribution in [-0.2, 0) is 11.2 Å². The second-order valence-corrected chi connectivity index (χ2v) is 6.18. The number of aryl methyl sites for hydroxylation is 1. The summed E-state index contributed by atoms with van der Waals surface area (Å²) in [7, 11) is 1.65. The number of nitrogens with zero attached hydrogens (tertiary/aromatic N) is 2. The fourth-order valence-corrected chi connectivity index (χ4v) is 3.14.